The van der Waals surface area contributed by atoms with Crippen LogP contribution in [-0.2, 0) is 4.74 Å². The predicted octanol–water partition coefficient (Wildman–Crippen LogP) is 0.630. The second kappa shape index (κ2) is 2.80. The van der Waals surface area contributed by atoms with Gasteiger partial charge in [-0.15, -0.1) is 0 Å². The molecule has 1 fully saturated rings. The predicted molar refractivity (Wildman–Crippen MR) is 33.2 cm³/mol. The Morgan fingerprint density at radius 1 is 1.60 bits per heavy atom. The lowest BCUT2D eigenvalue weighted by molar-refractivity contribution is -0.0872. The van der Waals surface area contributed by atoms with Gasteiger partial charge in [-0.3, -0.25) is 0 Å². The van der Waals surface area contributed by atoms with Gasteiger partial charge in [-0.1, -0.05) is 0 Å². The molecule has 0 aliphatic carbocycles. The fourth-order valence-corrected chi connectivity index (χ4v) is 1.06. The van der Waals surface area contributed by atoms with Crippen molar-refractivity contribution in [2.75, 3.05) is 20.2 Å². The molecular weight excluding hydrogens is 140 g/mol. The highest BCUT2D eigenvalue weighted by Crippen LogP contribution is 2.23. The molecule has 10 heavy (non-hydrogen) atoms. The average molecular weight is 151 g/mol. The molecule has 0 bridgehead atoms. The van der Waals surface area contributed by atoms with Gasteiger partial charge in [0.15, 0.2) is 0 Å². The van der Waals surface area contributed by atoms with Gasteiger partial charge in [-0.05, 0) is 0 Å². The first-order valence-corrected chi connectivity index (χ1v) is 3.22. The smallest absolute Gasteiger partial charge is 0.241 e. The third-order valence-corrected chi connectivity index (χ3v) is 1.85. The van der Waals surface area contributed by atoms with Crippen LogP contribution in [0.4, 0.5) is 8.78 Å². The quantitative estimate of drug-likeness (QED) is 0.638. The fraction of sp³-hybridized carbons (Fsp3) is 1.00. The second-order valence-electron chi connectivity index (χ2n) is 2.59. The first-order chi connectivity index (χ1) is 4.68. The molecule has 0 aromatic rings. The van der Waals surface area contributed by atoms with Crippen LogP contribution in [0.25, 0.3) is 0 Å². The summed E-state index contributed by atoms with van der Waals surface area (Å²) in [6, 6.07) is 0. The minimum absolute atomic E-state index is 0.156. The van der Waals surface area contributed by atoms with Crippen molar-refractivity contribution in [2.24, 2.45) is 0 Å². The zero-order chi connectivity index (χ0) is 7.61. The van der Waals surface area contributed by atoms with Crippen molar-refractivity contribution in [3.8, 4) is 0 Å². The SMILES string of the molecule is COC1(CC(F)F)CNC1. The molecule has 0 aromatic carbocycles. The largest absolute Gasteiger partial charge is 0.375 e. The summed E-state index contributed by atoms with van der Waals surface area (Å²) in [4.78, 5) is 0. The van der Waals surface area contributed by atoms with E-state index in [1.54, 1.807) is 0 Å². The maximum absolute atomic E-state index is 11.8. The van der Waals surface area contributed by atoms with Crippen molar-refractivity contribution < 1.29 is 13.5 Å². The summed E-state index contributed by atoms with van der Waals surface area (Å²) in [5.74, 6) is 0. The summed E-state index contributed by atoms with van der Waals surface area (Å²) < 4.78 is 28.6. The zero-order valence-corrected chi connectivity index (χ0v) is 5.86. The topological polar surface area (TPSA) is 21.3 Å². The first-order valence-electron chi connectivity index (χ1n) is 3.22. The van der Waals surface area contributed by atoms with E-state index in [0.29, 0.717) is 13.1 Å². The molecule has 0 radical (unpaired) electrons. The number of hydrogen-bond donors (Lipinski definition) is 1. The van der Waals surface area contributed by atoms with E-state index in [1.807, 2.05) is 0 Å². The molecule has 2 nitrogen and oxygen atoms in total. The lowest BCUT2D eigenvalue weighted by atomic mass is 9.93. The van der Waals surface area contributed by atoms with Crippen molar-refractivity contribution in [2.45, 2.75) is 18.4 Å². The Labute approximate surface area is 58.6 Å². The van der Waals surface area contributed by atoms with Crippen molar-refractivity contribution in [3.63, 3.8) is 0 Å². The average Bonchev–Trinajstić information content (AvgIpc) is 1.78. The molecular formula is C6H11F2NO. The van der Waals surface area contributed by atoms with Crippen LogP contribution < -0.4 is 5.32 Å². The van der Waals surface area contributed by atoms with E-state index >= 15 is 0 Å². The van der Waals surface area contributed by atoms with Gasteiger partial charge < -0.3 is 10.1 Å². The first kappa shape index (κ1) is 7.88. The van der Waals surface area contributed by atoms with Gasteiger partial charge in [0, 0.05) is 26.6 Å². The number of halogens is 2. The Kier molecular flexibility index (Phi) is 2.21. The lowest BCUT2D eigenvalue weighted by Crippen LogP contribution is -2.61. The number of nitrogens with one attached hydrogen (secondary N) is 1. The molecule has 1 heterocycles. The van der Waals surface area contributed by atoms with Crippen molar-refractivity contribution in [1.29, 1.82) is 0 Å². The zero-order valence-electron chi connectivity index (χ0n) is 5.86. The minimum atomic E-state index is -2.26. The van der Waals surface area contributed by atoms with Crippen LogP contribution >= 0.6 is 0 Å². The molecule has 4 heteroatoms. The number of ether oxygens (including phenoxy) is 1. The Balaban J connectivity index is 2.33. The van der Waals surface area contributed by atoms with E-state index in [0.717, 1.165) is 0 Å². The molecule has 0 atom stereocenters. The lowest BCUT2D eigenvalue weighted by Gasteiger charge is -2.40. The van der Waals surface area contributed by atoms with E-state index in [-0.39, 0.29) is 6.42 Å². The number of hydrogen-bond acceptors (Lipinski definition) is 2. The van der Waals surface area contributed by atoms with Gasteiger partial charge >= 0.3 is 0 Å². The van der Waals surface area contributed by atoms with Gasteiger partial charge in [-0.25, -0.2) is 8.78 Å². The van der Waals surface area contributed by atoms with Crippen LogP contribution in [0.5, 0.6) is 0 Å². The molecule has 1 rings (SSSR count). The molecule has 0 spiro atoms. The molecule has 1 aliphatic rings. The molecule has 1 saturated heterocycles. The maximum Gasteiger partial charge on any atom is 0.241 e. The second-order valence-corrected chi connectivity index (χ2v) is 2.59. The molecule has 1 N–H and O–H groups in total. The van der Waals surface area contributed by atoms with Gasteiger partial charge in [0.25, 0.3) is 0 Å². The highest BCUT2D eigenvalue weighted by molar-refractivity contribution is 4.94. The van der Waals surface area contributed by atoms with E-state index in [2.05, 4.69) is 5.32 Å². The molecule has 60 valence electrons. The summed E-state index contributed by atoms with van der Waals surface area (Å²) in [5.41, 5.74) is -0.575. The monoisotopic (exact) mass is 151 g/mol. The third kappa shape index (κ3) is 1.44. The summed E-state index contributed by atoms with van der Waals surface area (Å²) >= 11 is 0. The summed E-state index contributed by atoms with van der Waals surface area (Å²) in [7, 11) is 1.48. The Morgan fingerprint density at radius 2 is 2.20 bits per heavy atom. The Morgan fingerprint density at radius 3 is 2.30 bits per heavy atom. The van der Waals surface area contributed by atoms with Gasteiger partial charge in [0.2, 0.25) is 6.43 Å². The highest BCUT2D eigenvalue weighted by atomic mass is 19.3. The van der Waals surface area contributed by atoms with Crippen LogP contribution in [0.15, 0.2) is 0 Å². The van der Waals surface area contributed by atoms with Gasteiger partial charge in [0.05, 0.1) is 5.60 Å². The summed E-state index contributed by atoms with van der Waals surface area (Å²) in [6.07, 6.45) is -2.42. The van der Waals surface area contributed by atoms with Gasteiger partial charge in [0.1, 0.15) is 0 Å². The van der Waals surface area contributed by atoms with Crippen molar-refractivity contribution in [1.82, 2.24) is 5.32 Å². The number of alkyl halides is 2. The number of rotatable bonds is 3. The third-order valence-electron chi connectivity index (χ3n) is 1.85. The minimum Gasteiger partial charge on any atom is -0.375 e. The van der Waals surface area contributed by atoms with E-state index in [9.17, 15) is 8.78 Å². The summed E-state index contributed by atoms with van der Waals surface area (Å²) in [6.45, 7) is 1.10. The molecule has 0 aromatic heterocycles. The maximum atomic E-state index is 11.8. The molecule has 0 amide bonds. The van der Waals surface area contributed by atoms with Crippen molar-refractivity contribution >= 4 is 0 Å². The Hall–Kier alpha value is -0.220. The van der Waals surface area contributed by atoms with Gasteiger partial charge in [-0.2, -0.15) is 0 Å². The molecule has 0 unspecified atom stereocenters. The van der Waals surface area contributed by atoms with E-state index in [4.69, 9.17) is 4.74 Å². The van der Waals surface area contributed by atoms with Crippen LogP contribution in [-0.4, -0.2) is 32.2 Å². The number of methoxy groups -OCH3 is 1. The highest BCUT2D eigenvalue weighted by Gasteiger charge is 2.39. The van der Waals surface area contributed by atoms with Crippen LogP contribution in [0.1, 0.15) is 6.42 Å². The standard InChI is InChI=1S/C6H11F2NO/c1-10-6(2-5(7)8)3-9-4-6/h5,9H,2-4H2,1H3. The van der Waals surface area contributed by atoms with Crippen molar-refractivity contribution in [3.05, 3.63) is 0 Å². The Bertz CT molecular complexity index is 109. The van der Waals surface area contributed by atoms with Crippen LogP contribution in [0, 0.1) is 0 Å². The van der Waals surface area contributed by atoms with Crippen LogP contribution in [0.2, 0.25) is 0 Å². The molecule has 0 saturated carbocycles. The fourth-order valence-electron chi connectivity index (χ4n) is 1.06. The summed E-state index contributed by atoms with van der Waals surface area (Å²) in [5, 5.41) is 2.90. The molecule has 1 aliphatic heterocycles. The van der Waals surface area contributed by atoms with Crippen LogP contribution in [0.3, 0.4) is 0 Å². The normalized spacial score (nSPS) is 22.8. The van der Waals surface area contributed by atoms with E-state index < -0.39 is 12.0 Å². The van der Waals surface area contributed by atoms with E-state index in [1.165, 1.54) is 7.11 Å².